The summed E-state index contributed by atoms with van der Waals surface area (Å²) >= 11 is 0. The predicted molar refractivity (Wildman–Crippen MR) is 85.1 cm³/mol. The van der Waals surface area contributed by atoms with Crippen LogP contribution in [0.25, 0.3) is 11.3 Å². The van der Waals surface area contributed by atoms with Gasteiger partial charge in [-0.15, -0.1) is 0 Å². The molecule has 0 N–H and O–H groups in total. The van der Waals surface area contributed by atoms with Crippen LogP contribution >= 0.6 is 0 Å². The van der Waals surface area contributed by atoms with E-state index in [1.165, 1.54) is 11.1 Å². The molecule has 0 aliphatic carbocycles. The molecule has 4 heterocycles. The lowest BCUT2D eigenvalue weighted by Gasteiger charge is -2.23. The van der Waals surface area contributed by atoms with Crippen molar-refractivity contribution in [1.82, 2.24) is 19.3 Å². The molecule has 0 spiro atoms. The van der Waals surface area contributed by atoms with E-state index in [1.807, 2.05) is 29.3 Å². The number of aryl methyl sites for hydroxylation is 1. The van der Waals surface area contributed by atoms with Gasteiger partial charge >= 0.3 is 0 Å². The van der Waals surface area contributed by atoms with Crippen LogP contribution in [0.15, 0.2) is 49.1 Å². The Morgan fingerprint density at radius 1 is 1.13 bits per heavy atom. The van der Waals surface area contributed by atoms with E-state index in [4.69, 9.17) is 0 Å². The van der Waals surface area contributed by atoms with Crippen molar-refractivity contribution in [1.29, 1.82) is 0 Å². The van der Waals surface area contributed by atoms with Crippen molar-refractivity contribution < 1.29 is 4.79 Å². The number of hydrogen-bond donors (Lipinski definition) is 0. The first-order valence-electron chi connectivity index (χ1n) is 8.02. The Kier molecular flexibility index (Phi) is 2.59. The standard InChI is InChI=1S/C18H16N4O/c23-18-14(6-3-9-22-15(18)7-8-20-22)17-13-5-2-1-4-12(13)16-10-19-11-21(16)17/h1-2,4-5,7-8,10-11,14,17H,3,6,9H2. The third-order valence-corrected chi connectivity index (χ3v) is 5.09. The molecule has 5 nitrogen and oxygen atoms in total. The number of rotatable bonds is 1. The van der Waals surface area contributed by atoms with Crippen LogP contribution in [0.2, 0.25) is 0 Å². The van der Waals surface area contributed by atoms with E-state index in [2.05, 4.69) is 32.8 Å². The Bertz CT molecular complexity index is 907. The minimum Gasteiger partial charge on any atom is -0.322 e. The zero-order chi connectivity index (χ0) is 15.4. The number of fused-ring (bicyclic) bond motifs is 4. The molecule has 0 saturated heterocycles. The van der Waals surface area contributed by atoms with Crippen molar-refractivity contribution in [3.63, 3.8) is 0 Å². The molecule has 0 saturated carbocycles. The molecule has 2 unspecified atom stereocenters. The van der Waals surface area contributed by atoms with E-state index >= 15 is 0 Å². The number of imidazole rings is 1. The fraction of sp³-hybridized carbons (Fsp3) is 0.278. The number of hydrogen-bond acceptors (Lipinski definition) is 3. The van der Waals surface area contributed by atoms with Gasteiger partial charge in [0, 0.05) is 24.2 Å². The van der Waals surface area contributed by atoms with E-state index in [-0.39, 0.29) is 17.7 Å². The quantitative estimate of drug-likeness (QED) is 0.694. The number of aromatic nitrogens is 4. The lowest BCUT2D eigenvalue weighted by Crippen LogP contribution is -2.25. The first-order valence-corrected chi connectivity index (χ1v) is 8.02. The number of carbonyl (C=O) groups excluding carboxylic acids is 1. The molecule has 0 radical (unpaired) electrons. The summed E-state index contributed by atoms with van der Waals surface area (Å²) in [6.07, 6.45) is 7.31. The largest absolute Gasteiger partial charge is 0.322 e. The highest BCUT2D eigenvalue weighted by molar-refractivity contribution is 5.97. The highest BCUT2D eigenvalue weighted by Gasteiger charge is 2.39. The summed E-state index contributed by atoms with van der Waals surface area (Å²) in [6, 6.07) is 10.2. The molecule has 2 aliphatic heterocycles. The maximum Gasteiger partial charge on any atom is 0.186 e. The first-order chi connectivity index (χ1) is 11.3. The minimum atomic E-state index is -0.0652. The second-order valence-electron chi connectivity index (χ2n) is 6.27. The lowest BCUT2D eigenvalue weighted by atomic mass is 9.85. The number of ketones is 1. The second kappa shape index (κ2) is 4.65. The van der Waals surface area contributed by atoms with Gasteiger partial charge in [0.25, 0.3) is 0 Å². The van der Waals surface area contributed by atoms with E-state index in [9.17, 15) is 4.79 Å². The summed E-state index contributed by atoms with van der Waals surface area (Å²) in [5.74, 6) is 0.130. The second-order valence-corrected chi connectivity index (χ2v) is 6.27. The molecule has 2 aliphatic rings. The third kappa shape index (κ3) is 1.70. The molecule has 1 aromatic carbocycles. The van der Waals surface area contributed by atoms with Crippen molar-refractivity contribution in [3.05, 3.63) is 60.3 Å². The number of nitrogens with zero attached hydrogens (tertiary/aromatic N) is 4. The molecule has 2 aromatic heterocycles. The Morgan fingerprint density at radius 3 is 3.00 bits per heavy atom. The highest BCUT2D eigenvalue weighted by atomic mass is 16.1. The van der Waals surface area contributed by atoms with Crippen molar-refractivity contribution in [2.45, 2.75) is 25.4 Å². The van der Waals surface area contributed by atoms with Crippen LogP contribution in [0.3, 0.4) is 0 Å². The summed E-state index contributed by atoms with van der Waals surface area (Å²) in [7, 11) is 0. The molecule has 0 bridgehead atoms. The van der Waals surface area contributed by atoms with Gasteiger partial charge in [-0.3, -0.25) is 9.48 Å². The van der Waals surface area contributed by atoms with E-state index in [1.54, 1.807) is 6.20 Å². The number of benzene rings is 1. The Balaban J connectivity index is 1.66. The Labute approximate surface area is 133 Å². The molecule has 3 aromatic rings. The average molecular weight is 304 g/mol. The number of carbonyl (C=O) groups is 1. The Hall–Kier alpha value is -2.69. The van der Waals surface area contributed by atoms with Crippen molar-refractivity contribution >= 4 is 5.78 Å². The smallest absolute Gasteiger partial charge is 0.186 e. The van der Waals surface area contributed by atoms with Gasteiger partial charge in [0.1, 0.15) is 5.69 Å². The summed E-state index contributed by atoms with van der Waals surface area (Å²) < 4.78 is 4.01. The van der Waals surface area contributed by atoms with E-state index in [0.29, 0.717) is 0 Å². The molecule has 5 heteroatoms. The molecule has 0 amide bonds. The molecule has 5 rings (SSSR count). The fourth-order valence-corrected chi connectivity index (χ4v) is 4.09. The third-order valence-electron chi connectivity index (χ3n) is 5.09. The molecule has 23 heavy (non-hydrogen) atoms. The van der Waals surface area contributed by atoms with Crippen LogP contribution in [-0.2, 0) is 6.54 Å². The van der Waals surface area contributed by atoms with Crippen LogP contribution in [0, 0.1) is 5.92 Å². The summed E-state index contributed by atoms with van der Waals surface area (Å²) in [5.41, 5.74) is 4.27. The SMILES string of the molecule is O=C1c2ccnn2CCCC1C1c2ccccc2-c2cncn21. The monoisotopic (exact) mass is 304 g/mol. The summed E-state index contributed by atoms with van der Waals surface area (Å²) in [5, 5.41) is 4.28. The molecule has 0 fully saturated rings. The molecule has 2 atom stereocenters. The van der Waals surface area contributed by atoms with Gasteiger partial charge in [0.2, 0.25) is 0 Å². The highest BCUT2D eigenvalue weighted by Crippen LogP contribution is 2.45. The van der Waals surface area contributed by atoms with E-state index in [0.717, 1.165) is 30.8 Å². The van der Waals surface area contributed by atoms with Crippen molar-refractivity contribution in [2.75, 3.05) is 0 Å². The van der Waals surface area contributed by atoms with Crippen LogP contribution in [0.5, 0.6) is 0 Å². The zero-order valence-corrected chi connectivity index (χ0v) is 12.6. The normalized spacial score (nSPS) is 22.3. The van der Waals surface area contributed by atoms with Gasteiger partial charge in [-0.25, -0.2) is 4.98 Å². The van der Waals surface area contributed by atoms with Gasteiger partial charge in [-0.05, 0) is 24.5 Å². The van der Waals surface area contributed by atoms with Crippen LogP contribution < -0.4 is 0 Å². The number of Topliss-reactive ketones (excluding diaryl/α,β-unsaturated/α-hetero) is 1. The molecular formula is C18H16N4O. The lowest BCUT2D eigenvalue weighted by molar-refractivity contribution is 0.0883. The topological polar surface area (TPSA) is 52.7 Å². The summed E-state index contributed by atoms with van der Waals surface area (Å²) in [4.78, 5) is 17.4. The Morgan fingerprint density at radius 2 is 2.04 bits per heavy atom. The average Bonchev–Trinajstić information content (AvgIpc) is 3.25. The minimum absolute atomic E-state index is 0.0395. The van der Waals surface area contributed by atoms with Gasteiger partial charge in [-0.1, -0.05) is 24.3 Å². The first kappa shape index (κ1) is 12.8. The fourth-order valence-electron chi connectivity index (χ4n) is 4.09. The van der Waals surface area contributed by atoms with Gasteiger partial charge in [-0.2, -0.15) is 5.10 Å². The predicted octanol–water partition coefficient (Wildman–Crippen LogP) is 2.94. The van der Waals surface area contributed by atoms with E-state index < -0.39 is 0 Å². The van der Waals surface area contributed by atoms with Crippen LogP contribution in [0.1, 0.15) is 34.9 Å². The van der Waals surface area contributed by atoms with Crippen molar-refractivity contribution in [2.24, 2.45) is 5.92 Å². The maximum absolute atomic E-state index is 13.1. The summed E-state index contributed by atoms with van der Waals surface area (Å²) in [6.45, 7) is 0.815. The van der Waals surface area contributed by atoms with Gasteiger partial charge < -0.3 is 4.57 Å². The molecular weight excluding hydrogens is 288 g/mol. The van der Waals surface area contributed by atoms with Crippen molar-refractivity contribution in [3.8, 4) is 11.3 Å². The zero-order valence-electron chi connectivity index (χ0n) is 12.6. The van der Waals surface area contributed by atoms with Gasteiger partial charge in [0.15, 0.2) is 5.78 Å². The van der Waals surface area contributed by atoms with Crippen LogP contribution in [-0.4, -0.2) is 25.1 Å². The molecule has 114 valence electrons. The maximum atomic E-state index is 13.1. The van der Waals surface area contributed by atoms with Gasteiger partial charge in [0.05, 0.1) is 24.3 Å². The van der Waals surface area contributed by atoms with Crippen LogP contribution in [0.4, 0.5) is 0 Å².